The van der Waals surface area contributed by atoms with Gasteiger partial charge in [0.1, 0.15) is 11.9 Å². The summed E-state index contributed by atoms with van der Waals surface area (Å²) in [5.74, 6) is 0.145. The van der Waals surface area contributed by atoms with Gasteiger partial charge in [-0.15, -0.1) is 0 Å². The average Bonchev–Trinajstić information content (AvgIpc) is 2.40. The normalized spacial score (nSPS) is 9.94. The van der Waals surface area contributed by atoms with E-state index < -0.39 is 0 Å². The monoisotopic (exact) mass is 248 g/mol. The van der Waals surface area contributed by atoms with Gasteiger partial charge in [0, 0.05) is 5.56 Å². The summed E-state index contributed by atoms with van der Waals surface area (Å²) in [7, 11) is 0. The number of halogens is 1. The Labute approximate surface area is 104 Å². The van der Waals surface area contributed by atoms with Crippen molar-refractivity contribution in [2.45, 2.75) is 0 Å². The second kappa shape index (κ2) is 5.48. The van der Waals surface area contributed by atoms with Crippen molar-refractivity contribution in [2.75, 3.05) is 0 Å². The molecule has 0 spiro atoms. The van der Waals surface area contributed by atoms with Gasteiger partial charge in [0.05, 0.1) is 5.56 Å². The first-order chi connectivity index (χ1) is 8.33. The maximum Gasteiger partial charge on any atom is 0.196 e. The average molecular weight is 249 g/mol. The first-order valence-corrected chi connectivity index (χ1v) is 5.28. The Morgan fingerprint density at radius 3 is 2.29 bits per heavy atom. The number of hydrogen-bond donors (Lipinski definition) is 0. The summed E-state index contributed by atoms with van der Waals surface area (Å²) in [4.78, 5) is 16.9. The molecular weight excluding hydrogens is 240 g/mol. The lowest BCUT2D eigenvalue weighted by Gasteiger charge is -2.05. The fourth-order valence-electron chi connectivity index (χ4n) is 1.51. The molecule has 0 saturated heterocycles. The lowest BCUT2D eigenvalue weighted by atomic mass is 10.0. The zero-order valence-electron chi connectivity index (χ0n) is 8.80. The highest BCUT2D eigenvalue weighted by Gasteiger charge is 2.14. The fraction of sp³-hybridized carbons (Fsp3) is 0. The predicted molar refractivity (Wildman–Crippen MR) is 63.9 cm³/mol. The highest BCUT2D eigenvalue weighted by Crippen LogP contribution is 2.21. The maximum atomic E-state index is 12.2. The van der Waals surface area contributed by atoms with Gasteiger partial charge in [0.15, 0.2) is 11.5 Å². The van der Waals surface area contributed by atoms with Crippen LogP contribution in [-0.4, -0.2) is 5.78 Å². The molecule has 3 nitrogen and oxygen atoms in total. The van der Waals surface area contributed by atoms with Crippen molar-refractivity contribution in [3.8, 4) is 5.75 Å². The van der Waals surface area contributed by atoms with E-state index in [1.807, 2.05) is 6.07 Å². The van der Waals surface area contributed by atoms with Crippen LogP contribution >= 0.6 is 11.9 Å². The summed E-state index contributed by atoms with van der Waals surface area (Å²) in [5.41, 5.74) is 0.984. The molecule has 0 saturated carbocycles. The van der Waals surface area contributed by atoms with E-state index in [4.69, 9.17) is 16.8 Å². The van der Waals surface area contributed by atoms with Crippen LogP contribution in [0.1, 0.15) is 15.9 Å². The van der Waals surface area contributed by atoms with E-state index in [2.05, 4.69) is 4.44 Å². The lowest BCUT2D eigenvalue weighted by Crippen LogP contribution is -2.03. The second-order valence-corrected chi connectivity index (χ2v) is 3.46. The lowest BCUT2D eigenvalue weighted by molar-refractivity contribution is -0.0922. The molecule has 0 atom stereocenters. The molecule has 86 valence electrons. The second-order valence-electron chi connectivity index (χ2n) is 3.34. The Bertz CT molecular complexity index is 511. The van der Waals surface area contributed by atoms with E-state index in [0.717, 1.165) is 0 Å². The van der Waals surface area contributed by atoms with Crippen LogP contribution in [0, 0.1) is 0 Å². The third kappa shape index (κ3) is 2.64. The third-order valence-electron chi connectivity index (χ3n) is 2.29. The fourth-order valence-corrected chi connectivity index (χ4v) is 1.57. The van der Waals surface area contributed by atoms with E-state index in [-0.39, 0.29) is 11.5 Å². The van der Waals surface area contributed by atoms with E-state index in [1.165, 1.54) is 0 Å². The van der Waals surface area contributed by atoms with Crippen molar-refractivity contribution >= 4 is 17.6 Å². The predicted octanol–water partition coefficient (Wildman–Crippen LogP) is 3.38. The Hall–Kier alpha value is -1.84. The molecule has 0 fully saturated rings. The van der Waals surface area contributed by atoms with E-state index >= 15 is 0 Å². The van der Waals surface area contributed by atoms with E-state index in [9.17, 15) is 4.79 Å². The van der Waals surface area contributed by atoms with Crippen molar-refractivity contribution in [1.82, 2.24) is 0 Å². The number of benzene rings is 2. The van der Waals surface area contributed by atoms with Gasteiger partial charge in [0.2, 0.25) is 0 Å². The Morgan fingerprint density at radius 1 is 0.941 bits per heavy atom. The molecule has 4 heteroatoms. The third-order valence-corrected chi connectivity index (χ3v) is 2.35. The van der Waals surface area contributed by atoms with Gasteiger partial charge in [-0.05, 0) is 12.1 Å². The molecule has 0 aliphatic rings. The minimum atomic E-state index is -0.144. The van der Waals surface area contributed by atoms with Crippen molar-refractivity contribution in [1.29, 1.82) is 0 Å². The highest BCUT2D eigenvalue weighted by molar-refractivity contribution is 6.10. The molecule has 2 aromatic rings. The van der Waals surface area contributed by atoms with Gasteiger partial charge in [-0.3, -0.25) is 4.79 Å². The van der Waals surface area contributed by atoms with Gasteiger partial charge in [-0.1, -0.05) is 46.9 Å². The first-order valence-electron chi connectivity index (χ1n) is 4.97. The Morgan fingerprint density at radius 2 is 1.59 bits per heavy atom. The minimum absolute atomic E-state index is 0.144. The molecule has 0 aromatic heterocycles. The van der Waals surface area contributed by atoms with Gasteiger partial charge < -0.3 is 4.89 Å². The summed E-state index contributed by atoms with van der Waals surface area (Å²) in [6.45, 7) is 0. The van der Waals surface area contributed by atoms with Gasteiger partial charge >= 0.3 is 0 Å². The van der Waals surface area contributed by atoms with Crippen LogP contribution in [0.4, 0.5) is 0 Å². The van der Waals surface area contributed by atoms with Crippen LogP contribution in [0.2, 0.25) is 0 Å². The Kier molecular flexibility index (Phi) is 3.75. The summed E-state index contributed by atoms with van der Waals surface area (Å²) in [6.07, 6.45) is 0. The molecule has 0 aliphatic carbocycles. The van der Waals surface area contributed by atoms with Crippen LogP contribution in [0.3, 0.4) is 0 Å². The maximum absolute atomic E-state index is 12.2. The standard InChI is InChI=1S/C13H9ClO3/c14-17-16-12-9-5-4-8-11(12)13(15)10-6-2-1-3-7-10/h1-9H. The number of carbonyl (C=O) groups is 1. The van der Waals surface area contributed by atoms with E-state index in [1.54, 1.807) is 48.5 Å². The SMILES string of the molecule is O=C(c1ccccc1)c1ccccc1OOCl. The smallest absolute Gasteiger partial charge is 0.196 e. The zero-order valence-corrected chi connectivity index (χ0v) is 9.55. The number of carbonyl (C=O) groups excluding carboxylic acids is 1. The molecule has 0 amide bonds. The summed E-state index contributed by atoms with van der Waals surface area (Å²) >= 11 is 5.03. The Balaban J connectivity index is 2.37. The molecule has 0 aliphatic heterocycles. The van der Waals surface area contributed by atoms with Crippen LogP contribution < -0.4 is 4.89 Å². The summed E-state index contributed by atoms with van der Waals surface area (Å²) in [6, 6.07) is 15.7. The number of para-hydroxylation sites is 1. The van der Waals surface area contributed by atoms with Crippen LogP contribution in [0.15, 0.2) is 54.6 Å². The highest BCUT2D eigenvalue weighted by atomic mass is 35.5. The topological polar surface area (TPSA) is 35.5 Å². The molecule has 17 heavy (non-hydrogen) atoms. The number of rotatable bonds is 4. The van der Waals surface area contributed by atoms with Crippen molar-refractivity contribution in [2.24, 2.45) is 0 Å². The molecule has 0 unspecified atom stereocenters. The van der Waals surface area contributed by atoms with Crippen molar-refractivity contribution in [3.05, 3.63) is 65.7 Å². The molecular formula is C13H9ClO3. The first kappa shape index (κ1) is 11.6. The minimum Gasteiger partial charge on any atom is -0.319 e. The van der Waals surface area contributed by atoms with Gasteiger partial charge in [-0.25, -0.2) is 0 Å². The van der Waals surface area contributed by atoms with Crippen LogP contribution in [0.25, 0.3) is 0 Å². The van der Waals surface area contributed by atoms with E-state index in [0.29, 0.717) is 11.1 Å². The largest absolute Gasteiger partial charge is 0.319 e. The quantitative estimate of drug-likeness (QED) is 0.473. The van der Waals surface area contributed by atoms with Crippen LogP contribution in [-0.2, 0) is 4.44 Å². The summed E-state index contributed by atoms with van der Waals surface area (Å²) < 4.78 is 4.07. The van der Waals surface area contributed by atoms with Crippen molar-refractivity contribution < 1.29 is 14.1 Å². The summed E-state index contributed by atoms with van der Waals surface area (Å²) in [5, 5.41) is 0. The van der Waals surface area contributed by atoms with Crippen molar-refractivity contribution in [3.63, 3.8) is 0 Å². The number of ketones is 1. The number of hydrogen-bond acceptors (Lipinski definition) is 3. The van der Waals surface area contributed by atoms with Crippen LogP contribution in [0.5, 0.6) is 5.75 Å². The molecule has 2 rings (SSSR count). The molecule has 0 N–H and O–H groups in total. The molecule has 0 heterocycles. The molecule has 0 bridgehead atoms. The van der Waals surface area contributed by atoms with Gasteiger partial charge in [-0.2, -0.15) is 0 Å². The molecule has 2 aromatic carbocycles. The molecule has 0 radical (unpaired) electrons. The zero-order chi connectivity index (χ0) is 12.1. The van der Waals surface area contributed by atoms with Gasteiger partial charge in [0.25, 0.3) is 0 Å².